The van der Waals surface area contributed by atoms with Crippen molar-refractivity contribution in [3.05, 3.63) is 71.1 Å². The molecule has 0 bridgehead atoms. The molecule has 2 aromatic rings. The van der Waals surface area contributed by atoms with Crippen LogP contribution >= 0.6 is 0 Å². The molecule has 3 nitrogen and oxygen atoms in total. The van der Waals surface area contributed by atoms with E-state index < -0.39 is 11.7 Å². The smallest absolute Gasteiger partial charge is 0.416 e. The van der Waals surface area contributed by atoms with Gasteiger partial charge in [-0.05, 0) is 47.5 Å². The Bertz CT molecular complexity index is 809. The standard InChI is InChI=1S/C17H11F3N2O/c18-17(19,20)12-4-1-10(2-5-12)16-22-15-13-7-8-21-9-11(13)3-6-14(15)23-16/h1-9,14-15H. The SMILES string of the molecule is FC(F)(F)c1ccc(C2=NC3c4ccncc4C=CC3O2)cc1. The Hall–Kier alpha value is -2.63. The summed E-state index contributed by atoms with van der Waals surface area (Å²) in [7, 11) is 0. The van der Waals surface area contributed by atoms with E-state index in [0.717, 1.165) is 23.3 Å². The number of hydrogen-bond acceptors (Lipinski definition) is 3. The molecule has 2 heterocycles. The van der Waals surface area contributed by atoms with Crippen LogP contribution in [0.25, 0.3) is 6.08 Å². The Kier molecular flexibility index (Phi) is 3.01. The summed E-state index contributed by atoms with van der Waals surface area (Å²) in [6.07, 6.45) is 2.69. The van der Waals surface area contributed by atoms with Gasteiger partial charge in [-0.1, -0.05) is 6.08 Å². The summed E-state index contributed by atoms with van der Waals surface area (Å²) < 4.78 is 43.7. The first-order valence-corrected chi connectivity index (χ1v) is 7.06. The van der Waals surface area contributed by atoms with Crippen molar-refractivity contribution in [3.8, 4) is 0 Å². The van der Waals surface area contributed by atoms with Crippen molar-refractivity contribution in [2.45, 2.75) is 18.3 Å². The molecule has 0 saturated carbocycles. The molecule has 4 rings (SSSR count). The van der Waals surface area contributed by atoms with Crippen molar-refractivity contribution in [1.82, 2.24) is 4.98 Å². The van der Waals surface area contributed by atoms with Gasteiger partial charge in [0.05, 0.1) is 5.56 Å². The lowest BCUT2D eigenvalue weighted by Crippen LogP contribution is -2.17. The van der Waals surface area contributed by atoms with Crippen molar-refractivity contribution in [2.75, 3.05) is 0 Å². The lowest BCUT2D eigenvalue weighted by molar-refractivity contribution is -0.137. The maximum Gasteiger partial charge on any atom is 0.416 e. The van der Waals surface area contributed by atoms with Crippen LogP contribution in [0, 0.1) is 0 Å². The number of aliphatic imine (C=N–C) groups is 1. The molecule has 1 aromatic heterocycles. The van der Waals surface area contributed by atoms with E-state index in [2.05, 4.69) is 9.98 Å². The monoisotopic (exact) mass is 316 g/mol. The second kappa shape index (κ2) is 4.94. The molecule has 2 atom stereocenters. The molecule has 2 unspecified atom stereocenters. The molecular formula is C17H11F3N2O. The van der Waals surface area contributed by atoms with Gasteiger partial charge in [-0.2, -0.15) is 13.2 Å². The minimum atomic E-state index is -4.35. The maximum atomic E-state index is 12.6. The summed E-state index contributed by atoms with van der Waals surface area (Å²) in [6.45, 7) is 0. The predicted molar refractivity (Wildman–Crippen MR) is 78.9 cm³/mol. The first-order valence-electron chi connectivity index (χ1n) is 7.06. The maximum absolute atomic E-state index is 12.6. The van der Waals surface area contributed by atoms with E-state index >= 15 is 0 Å². The van der Waals surface area contributed by atoms with Gasteiger partial charge in [0, 0.05) is 18.0 Å². The van der Waals surface area contributed by atoms with Crippen molar-refractivity contribution >= 4 is 12.0 Å². The minimum Gasteiger partial charge on any atom is -0.467 e. The molecule has 6 heteroatoms. The summed E-state index contributed by atoms with van der Waals surface area (Å²) in [4.78, 5) is 8.62. The Labute approximate surface area is 130 Å². The van der Waals surface area contributed by atoms with Gasteiger partial charge in [0.25, 0.3) is 0 Å². The zero-order valence-corrected chi connectivity index (χ0v) is 11.8. The highest BCUT2D eigenvalue weighted by Gasteiger charge is 2.35. The summed E-state index contributed by atoms with van der Waals surface area (Å²) in [5, 5.41) is 0. The summed E-state index contributed by atoms with van der Waals surface area (Å²) in [6, 6.07) is 6.55. The highest BCUT2D eigenvalue weighted by atomic mass is 19.4. The molecule has 0 spiro atoms. The van der Waals surface area contributed by atoms with Crippen molar-refractivity contribution in [3.63, 3.8) is 0 Å². The second-order valence-corrected chi connectivity index (χ2v) is 5.40. The van der Waals surface area contributed by atoms with E-state index in [4.69, 9.17) is 4.74 Å². The van der Waals surface area contributed by atoms with Gasteiger partial charge in [0.15, 0.2) is 0 Å². The zero-order chi connectivity index (χ0) is 16.0. The number of aromatic nitrogens is 1. The van der Waals surface area contributed by atoms with Gasteiger partial charge in [0.2, 0.25) is 5.90 Å². The number of pyridine rings is 1. The van der Waals surface area contributed by atoms with Crippen LogP contribution in [0.5, 0.6) is 0 Å². The van der Waals surface area contributed by atoms with Crippen molar-refractivity contribution < 1.29 is 17.9 Å². The Morgan fingerprint density at radius 1 is 1.04 bits per heavy atom. The molecule has 23 heavy (non-hydrogen) atoms. The van der Waals surface area contributed by atoms with Crippen LogP contribution in [0.1, 0.15) is 28.3 Å². The van der Waals surface area contributed by atoms with Gasteiger partial charge in [-0.25, -0.2) is 4.99 Å². The number of ether oxygens (including phenoxy) is 1. The van der Waals surface area contributed by atoms with E-state index in [9.17, 15) is 13.2 Å². The lowest BCUT2D eigenvalue weighted by Gasteiger charge is -2.20. The normalized spacial score (nSPS) is 22.1. The fourth-order valence-corrected chi connectivity index (χ4v) is 2.78. The number of halogens is 3. The van der Waals surface area contributed by atoms with E-state index in [0.29, 0.717) is 11.5 Å². The lowest BCUT2D eigenvalue weighted by atomic mass is 9.93. The largest absolute Gasteiger partial charge is 0.467 e. The van der Waals surface area contributed by atoms with E-state index in [-0.39, 0.29) is 12.1 Å². The molecule has 2 aliphatic rings. The number of benzene rings is 1. The predicted octanol–water partition coefficient (Wildman–Crippen LogP) is 4.01. The van der Waals surface area contributed by atoms with Gasteiger partial charge < -0.3 is 4.74 Å². The van der Waals surface area contributed by atoms with Gasteiger partial charge in [-0.3, -0.25) is 4.98 Å². The topological polar surface area (TPSA) is 34.5 Å². The first kappa shape index (κ1) is 14.0. The highest BCUT2D eigenvalue weighted by Crippen LogP contribution is 2.37. The van der Waals surface area contributed by atoms with Crippen molar-refractivity contribution in [2.24, 2.45) is 4.99 Å². The molecule has 0 saturated heterocycles. The molecule has 0 radical (unpaired) electrons. The fourth-order valence-electron chi connectivity index (χ4n) is 2.78. The second-order valence-electron chi connectivity index (χ2n) is 5.40. The quantitative estimate of drug-likeness (QED) is 0.796. The molecule has 0 amide bonds. The molecule has 1 aromatic carbocycles. The molecular weight excluding hydrogens is 305 g/mol. The number of rotatable bonds is 1. The van der Waals surface area contributed by atoms with E-state index in [1.165, 1.54) is 12.1 Å². The summed E-state index contributed by atoms with van der Waals surface area (Å²) in [5.41, 5.74) is 1.84. The van der Waals surface area contributed by atoms with Crippen LogP contribution in [0.4, 0.5) is 13.2 Å². The molecule has 0 fully saturated rings. The van der Waals surface area contributed by atoms with Crippen LogP contribution in [0.15, 0.2) is 53.8 Å². The van der Waals surface area contributed by atoms with Crippen LogP contribution in [-0.2, 0) is 10.9 Å². The Balaban J connectivity index is 1.67. The third kappa shape index (κ3) is 2.40. The average Bonchev–Trinajstić information content (AvgIpc) is 2.99. The van der Waals surface area contributed by atoms with E-state index in [1.54, 1.807) is 12.4 Å². The number of alkyl halides is 3. The summed E-state index contributed by atoms with van der Waals surface area (Å²) in [5.74, 6) is 0.364. The number of fused-ring (bicyclic) bond motifs is 3. The van der Waals surface area contributed by atoms with Gasteiger partial charge in [0.1, 0.15) is 12.1 Å². The Morgan fingerprint density at radius 3 is 2.57 bits per heavy atom. The van der Waals surface area contributed by atoms with Crippen molar-refractivity contribution in [1.29, 1.82) is 0 Å². The number of nitrogens with zero attached hydrogens (tertiary/aromatic N) is 2. The van der Waals surface area contributed by atoms with Crippen LogP contribution < -0.4 is 0 Å². The minimum absolute atomic E-state index is 0.185. The zero-order valence-electron chi connectivity index (χ0n) is 11.8. The van der Waals surface area contributed by atoms with E-state index in [1.807, 2.05) is 18.2 Å². The molecule has 1 aliphatic heterocycles. The van der Waals surface area contributed by atoms with Gasteiger partial charge in [-0.15, -0.1) is 0 Å². The number of hydrogen-bond donors (Lipinski definition) is 0. The Morgan fingerprint density at radius 2 is 1.83 bits per heavy atom. The van der Waals surface area contributed by atoms with Crippen LogP contribution in [0.2, 0.25) is 0 Å². The summed E-state index contributed by atoms with van der Waals surface area (Å²) >= 11 is 0. The fraction of sp³-hybridized carbons (Fsp3) is 0.176. The molecule has 0 N–H and O–H groups in total. The average molecular weight is 316 g/mol. The first-order chi connectivity index (χ1) is 11.0. The van der Waals surface area contributed by atoms with Crippen LogP contribution in [-0.4, -0.2) is 17.0 Å². The molecule has 116 valence electrons. The third-order valence-electron chi connectivity index (χ3n) is 3.95. The van der Waals surface area contributed by atoms with Gasteiger partial charge >= 0.3 is 6.18 Å². The molecule has 1 aliphatic carbocycles. The third-order valence-corrected chi connectivity index (χ3v) is 3.95. The highest BCUT2D eigenvalue weighted by molar-refractivity contribution is 5.96. The van der Waals surface area contributed by atoms with Crippen LogP contribution in [0.3, 0.4) is 0 Å².